The summed E-state index contributed by atoms with van der Waals surface area (Å²) in [6.45, 7) is 2.72. The van der Waals surface area contributed by atoms with Gasteiger partial charge in [-0.25, -0.2) is 15.0 Å². The summed E-state index contributed by atoms with van der Waals surface area (Å²) in [5.74, 6) is 0.498. The molecule has 0 radical (unpaired) electrons. The zero-order valence-electron chi connectivity index (χ0n) is 16.1. The lowest BCUT2D eigenvalue weighted by Gasteiger charge is -2.17. The molecule has 0 saturated heterocycles. The fraction of sp³-hybridized carbons (Fsp3) is 0.190. The minimum absolute atomic E-state index is 0.126. The highest BCUT2D eigenvalue weighted by Gasteiger charge is 2.17. The normalized spacial score (nSPS) is 13.0. The third-order valence-electron chi connectivity index (χ3n) is 4.96. The van der Waals surface area contributed by atoms with Crippen LogP contribution < -0.4 is 15.6 Å². The molecule has 3 aromatic heterocycles. The summed E-state index contributed by atoms with van der Waals surface area (Å²) in [7, 11) is 0. The van der Waals surface area contributed by atoms with Crippen molar-refractivity contribution >= 4 is 33.3 Å². The minimum Gasteiger partial charge on any atom is -0.493 e. The van der Waals surface area contributed by atoms with Gasteiger partial charge in [-0.05, 0) is 49.6 Å². The first-order valence-corrected chi connectivity index (χ1v) is 10.3. The van der Waals surface area contributed by atoms with E-state index in [0.29, 0.717) is 16.0 Å². The molecule has 2 N–H and O–H groups in total. The molecule has 1 aliphatic heterocycles. The van der Waals surface area contributed by atoms with Crippen LogP contribution in [0, 0.1) is 6.92 Å². The fourth-order valence-electron chi connectivity index (χ4n) is 3.48. The predicted molar refractivity (Wildman–Crippen MR) is 114 cm³/mol. The van der Waals surface area contributed by atoms with Crippen molar-refractivity contribution in [2.45, 2.75) is 19.8 Å². The number of aryl methyl sites for hydroxylation is 2. The molecule has 9 heteroatoms. The van der Waals surface area contributed by atoms with Crippen molar-refractivity contribution in [2.24, 2.45) is 0 Å². The number of pyridine rings is 1. The molecule has 0 atom stereocenters. The molecule has 8 nitrogen and oxygen atoms in total. The molecule has 30 heavy (non-hydrogen) atoms. The van der Waals surface area contributed by atoms with Crippen molar-refractivity contribution in [1.82, 2.24) is 19.9 Å². The van der Waals surface area contributed by atoms with Gasteiger partial charge in [0.05, 0.1) is 35.7 Å². The molecule has 1 aromatic carbocycles. The van der Waals surface area contributed by atoms with E-state index < -0.39 is 5.91 Å². The highest BCUT2D eigenvalue weighted by Crippen LogP contribution is 2.34. The number of nitrogens with zero attached hydrogens (tertiary/aromatic N) is 3. The van der Waals surface area contributed by atoms with Crippen LogP contribution in [0.2, 0.25) is 0 Å². The Morgan fingerprint density at radius 3 is 3.07 bits per heavy atom. The van der Waals surface area contributed by atoms with Gasteiger partial charge in [-0.1, -0.05) is 0 Å². The number of H-pyrrole nitrogens is 1. The standard InChI is InChI=1S/C21H17N5O3S/c1-11-18(13-4-5-17-12(7-13)3-2-6-29-17)25-21(30-11)26-20(28)15-8-14-16(9-22-15)23-10-24-19(14)27/h4-5,7-10H,2-3,6H2,1H3,(H,23,24,27)(H,25,26,28). The number of amides is 1. The van der Waals surface area contributed by atoms with Crippen LogP contribution >= 0.6 is 11.3 Å². The topological polar surface area (TPSA) is 110 Å². The van der Waals surface area contributed by atoms with Crippen molar-refractivity contribution in [3.8, 4) is 17.0 Å². The summed E-state index contributed by atoms with van der Waals surface area (Å²) < 4.78 is 5.68. The van der Waals surface area contributed by atoms with E-state index in [1.54, 1.807) is 0 Å². The molecule has 1 amide bonds. The van der Waals surface area contributed by atoms with Crippen LogP contribution in [0.5, 0.6) is 5.75 Å². The molecule has 1 aliphatic rings. The second kappa shape index (κ2) is 7.34. The molecule has 150 valence electrons. The number of hydrogen-bond acceptors (Lipinski definition) is 7. The van der Waals surface area contributed by atoms with E-state index in [1.807, 2.05) is 19.1 Å². The van der Waals surface area contributed by atoms with Crippen molar-refractivity contribution in [1.29, 1.82) is 0 Å². The Morgan fingerprint density at radius 1 is 1.27 bits per heavy atom. The molecule has 4 heterocycles. The number of thiazole rings is 1. The smallest absolute Gasteiger partial charge is 0.276 e. The zero-order chi connectivity index (χ0) is 20.7. The first-order chi connectivity index (χ1) is 14.6. The molecule has 4 aromatic rings. The Hall–Kier alpha value is -3.59. The molecule has 0 bridgehead atoms. The third kappa shape index (κ3) is 3.33. The quantitative estimate of drug-likeness (QED) is 0.527. The summed E-state index contributed by atoms with van der Waals surface area (Å²) >= 11 is 1.39. The Morgan fingerprint density at radius 2 is 2.17 bits per heavy atom. The Kier molecular flexibility index (Phi) is 4.51. The zero-order valence-corrected chi connectivity index (χ0v) is 16.9. The number of rotatable bonds is 3. The van der Waals surface area contributed by atoms with E-state index in [2.05, 4.69) is 31.3 Å². The number of carbonyl (C=O) groups excluding carboxylic acids is 1. The molecule has 0 saturated carbocycles. The third-order valence-corrected chi connectivity index (χ3v) is 5.84. The summed E-state index contributed by atoms with van der Waals surface area (Å²) in [6.07, 6.45) is 4.70. The second-order valence-electron chi connectivity index (χ2n) is 6.97. The lowest BCUT2D eigenvalue weighted by molar-refractivity contribution is 0.102. The minimum atomic E-state index is -0.431. The van der Waals surface area contributed by atoms with Crippen molar-refractivity contribution in [3.05, 3.63) is 63.3 Å². The van der Waals surface area contributed by atoms with Crippen molar-refractivity contribution < 1.29 is 9.53 Å². The van der Waals surface area contributed by atoms with Crippen LogP contribution in [-0.4, -0.2) is 32.4 Å². The van der Waals surface area contributed by atoms with Gasteiger partial charge in [0.25, 0.3) is 11.5 Å². The van der Waals surface area contributed by atoms with E-state index in [4.69, 9.17) is 4.74 Å². The number of anilines is 1. The summed E-state index contributed by atoms with van der Waals surface area (Å²) in [5, 5.41) is 3.57. The first kappa shape index (κ1) is 18.4. The van der Waals surface area contributed by atoms with Crippen LogP contribution in [-0.2, 0) is 6.42 Å². The van der Waals surface area contributed by atoms with Gasteiger partial charge in [0, 0.05) is 10.4 Å². The van der Waals surface area contributed by atoms with Crippen molar-refractivity contribution in [2.75, 3.05) is 11.9 Å². The summed E-state index contributed by atoms with van der Waals surface area (Å²) in [4.78, 5) is 40.9. The monoisotopic (exact) mass is 419 g/mol. The molecule has 0 unspecified atom stereocenters. The second-order valence-corrected chi connectivity index (χ2v) is 8.17. The van der Waals surface area contributed by atoms with E-state index >= 15 is 0 Å². The number of ether oxygens (including phenoxy) is 1. The number of carbonyl (C=O) groups is 1. The van der Waals surface area contributed by atoms with E-state index in [9.17, 15) is 9.59 Å². The predicted octanol–water partition coefficient (Wildman–Crippen LogP) is 3.33. The molecular formula is C21H17N5O3S. The van der Waals surface area contributed by atoms with Gasteiger partial charge in [-0.15, -0.1) is 11.3 Å². The maximum absolute atomic E-state index is 12.7. The number of hydrogen-bond donors (Lipinski definition) is 2. The Labute approximate surface area is 175 Å². The largest absolute Gasteiger partial charge is 0.493 e. The summed E-state index contributed by atoms with van der Waals surface area (Å²) in [5.41, 5.74) is 3.24. The number of nitrogens with one attached hydrogen (secondary N) is 2. The highest BCUT2D eigenvalue weighted by molar-refractivity contribution is 7.16. The van der Waals surface area contributed by atoms with E-state index in [1.165, 1.54) is 35.5 Å². The van der Waals surface area contributed by atoms with Gasteiger partial charge in [-0.2, -0.15) is 0 Å². The molecule has 0 aliphatic carbocycles. The molecule has 0 fully saturated rings. The first-order valence-electron chi connectivity index (χ1n) is 9.47. The lowest BCUT2D eigenvalue weighted by Crippen LogP contribution is -2.15. The fourth-order valence-corrected chi connectivity index (χ4v) is 4.31. The molecule has 0 spiro atoms. The number of aromatic amines is 1. The SMILES string of the molecule is Cc1sc(NC(=O)c2cc3c(=O)[nH]cnc3cn2)nc1-c1ccc2c(c1)CCCO2. The lowest BCUT2D eigenvalue weighted by atomic mass is 10.0. The van der Waals surface area contributed by atoms with Gasteiger partial charge in [0.2, 0.25) is 0 Å². The average molecular weight is 419 g/mol. The number of benzene rings is 1. The molecular weight excluding hydrogens is 402 g/mol. The van der Waals surface area contributed by atoms with Crippen LogP contribution in [0.1, 0.15) is 27.3 Å². The molecule has 5 rings (SSSR count). The maximum Gasteiger partial charge on any atom is 0.276 e. The Balaban J connectivity index is 1.42. The van der Waals surface area contributed by atoms with Gasteiger partial charge in [-0.3, -0.25) is 14.9 Å². The van der Waals surface area contributed by atoms with Crippen LogP contribution in [0.3, 0.4) is 0 Å². The van der Waals surface area contributed by atoms with Crippen molar-refractivity contribution in [3.63, 3.8) is 0 Å². The van der Waals surface area contributed by atoms with Crippen LogP contribution in [0.4, 0.5) is 5.13 Å². The van der Waals surface area contributed by atoms with Crippen LogP contribution in [0.25, 0.3) is 22.2 Å². The number of fused-ring (bicyclic) bond motifs is 2. The summed E-state index contributed by atoms with van der Waals surface area (Å²) in [6, 6.07) is 7.50. The average Bonchev–Trinajstić information content (AvgIpc) is 3.13. The Bertz CT molecular complexity index is 1340. The number of aromatic nitrogens is 4. The van der Waals surface area contributed by atoms with Gasteiger partial charge in [0.15, 0.2) is 5.13 Å². The van der Waals surface area contributed by atoms with Gasteiger partial charge >= 0.3 is 0 Å². The van der Waals surface area contributed by atoms with Gasteiger partial charge < -0.3 is 9.72 Å². The maximum atomic E-state index is 12.7. The van der Waals surface area contributed by atoms with E-state index in [-0.39, 0.29) is 11.3 Å². The van der Waals surface area contributed by atoms with Gasteiger partial charge in [0.1, 0.15) is 11.4 Å². The van der Waals surface area contributed by atoms with E-state index in [0.717, 1.165) is 41.3 Å². The highest BCUT2D eigenvalue weighted by atomic mass is 32.1. The van der Waals surface area contributed by atoms with Crippen LogP contribution in [0.15, 0.2) is 41.6 Å².